The van der Waals surface area contributed by atoms with Gasteiger partial charge in [0.15, 0.2) is 17.2 Å². The van der Waals surface area contributed by atoms with Gasteiger partial charge in [0.1, 0.15) is 5.69 Å². The summed E-state index contributed by atoms with van der Waals surface area (Å²) in [6.45, 7) is 1.78. The summed E-state index contributed by atoms with van der Waals surface area (Å²) in [4.78, 5) is 16.9. The molecule has 1 amide bonds. The minimum Gasteiger partial charge on any atom is -0.303 e. The van der Waals surface area contributed by atoms with E-state index >= 15 is 0 Å². The number of halogens is 6. The van der Waals surface area contributed by atoms with Crippen LogP contribution in [0.25, 0.3) is 5.65 Å². The number of aromatic nitrogens is 5. The Kier molecular flexibility index (Phi) is 6.03. The average molecular weight is 593 g/mol. The van der Waals surface area contributed by atoms with Gasteiger partial charge in [0.05, 0.1) is 15.5 Å². The van der Waals surface area contributed by atoms with Gasteiger partial charge in [-0.2, -0.15) is 23.4 Å². The van der Waals surface area contributed by atoms with Gasteiger partial charge in [0, 0.05) is 16.9 Å². The summed E-state index contributed by atoms with van der Waals surface area (Å²) in [7, 11) is 0. The molecular weight excluding hydrogens is 581 g/mol. The maximum atomic E-state index is 13.4. The molecule has 0 atom stereocenters. The van der Waals surface area contributed by atoms with Crippen molar-refractivity contribution in [3.63, 3.8) is 0 Å². The van der Waals surface area contributed by atoms with Gasteiger partial charge in [0.2, 0.25) is 0 Å². The van der Waals surface area contributed by atoms with Gasteiger partial charge in [-0.15, -0.1) is 0 Å². The standard InChI is InChI=1S/C19H12Br2ClF3N6O/c1-9-6-13(19(23,24)25)31-17(26-9)14(21)15(28-31)18(32)27-16-11(20)8-30(29-16)7-10-4-2-3-5-12(10)22/h2-6,8H,7H2,1H3,(H,27,29,32). The van der Waals surface area contributed by atoms with Gasteiger partial charge in [-0.1, -0.05) is 29.8 Å². The molecule has 1 N–H and O–H groups in total. The van der Waals surface area contributed by atoms with Crippen LogP contribution in [-0.4, -0.2) is 30.3 Å². The number of hydrogen-bond acceptors (Lipinski definition) is 4. The smallest absolute Gasteiger partial charge is 0.303 e. The Hall–Kier alpha value is -2.44. The largest absolute Gasteiger partial charge is 0.433 e. The summed E-state index contributed by atoms with van der Waals surface area (Å²) in [6.07, 6.45) is -3.03. The molecule has 0 bridgehead atoms. The van der Waals surface area contributed by atoms with Crippen molar-refractivity contribution in [1.29, 1.82) is 0 Å². The number of nitrogens with one attached hydrogen (secondary N) is 1. The van der Waals surface area contributed by atoms with Crippen molar-refractivity contribution in [1.82, 2.24) is 24.4 Å². The first-order chi connectivity index (χ1) is 15.0. The lowest BCUT2D eigenvalue weighted by Crippen LogP contribution is -2.16. The van der Waals surface area contributed by atoms with Crippen molar-refractivity contribution >= 4 is 60.8 Å². The second-order valence-electron chi connectivity index (χ2n) is 6.75. The molecule has 0 saturated carbocycles. The number of aryl methyl sites for hydroxylation is 1. The highest BCUT2D eigenvalue weighted by molar-refractivity contribution is 9.11. The second kappa shape index (κ2) is 8.49. The fourth-order valence-electron chi connectivity index (χ4n) is 2.99. The molecule has 4 rings (SSSR count). The van der Waals surface area contributed by atoms with Crippen molar-refractivity contribution < 1.29 is 18.0 Å². The van der Waals surface area contributed by atoms with E-state index in [1.54, 1.807) is 16.9 Å². The van der Waals surface area contributed by atoms with E-state index in [1.807, 2.05) is 18.2 Å². The second-order valence-corrected chi connectivity index (χ2v) is 8.80. The van der Waals surface area contributed by atoms with Crippen molar-refractivity contribution in [2.24, 2.45) is 0 Å². The van der Waals surface area contributed by atoms with Crippen LogP contribution < -0.4 is 5.32 Å². The first kappa shape index (κ1) is 22.7. The summed E-state index contributed by atoms with van der Waals surface area (Å²) >= 11 is 12.6. The Labute approximate surface area is 200 Å². The Balaban J connectivity index is 1.64. The molecule has 166 valence electrons. The molecule has 0 aliphatic heterocycles. The number of carbonyl (C=O) groups is 1. The first-order valence-electron chi connectivity index (χ1n) is 8.95. The zero-order chi connectivity index (χ0) is 23.2. The van der Waals surface area contributed by atoms with E-state index in [0.717, 1.165) is 11.6 Å². The highest BCUT2D eigenvalue weighted by Crippen LogP contribution is 2.33. The fourth-order valence-corrected chi connectivity index (χ4v) is 4.12. The molecule has 3 aromatic heterocycles. The van der Waals surface area contributed by atoms with Gasteiger partial charge in [0.25, 0.3) is 5.91 Å². The number of benzene rings is 1. The normalized spacial score (nSPS) is 11.8. The number of fused-ring (bicyclic) bond motifs is 1. The summed E-state index contributed by atoms with van der Waals surface area (Å²) in [5, 5.41) is 11.3. The van der Waals surface area contributed by atoms with Gasteiger partial charge in [-0.25, -0.2) is 9.50 Å². The third kappa shape index (κ3) is 4.39. The third-order valence-corrected chi connectivity index (χ3v) is 6.08. The number of alkyl halides is 3. The Morgan fingerprint density at radius 2 is 1.94 bits per heavy atom. The minimum atomic E-state index is -4.67. The molecule has 0 fully saturated rings. The number of anilines is 1. The maximum absolute atomic E-state index is 13.4. The lowest BCUT2D eigenvalue weighted by Gasteiger charge is -2.09. The molecule has 32 heavy (non-hydrogen) atoms. The van der Waals surface area contributed by atoms with E-state index in [1.165, 1.54) is 6.92 Å². The highest BCUT2D eigenvalue weighted by atomic mass is 79.9. The van der Waals surface area contributed by atoms with E-state index in [9.17, 15) is 18.0 Å². The molecule has 0 spiro atoms. The van der Waals surface area contributed by atoms with Crippen LogP contribution in [0.1, 0.15) is 27.4 Å². The lowest BCUT2D eigenvalue weighted by atomic mass is 10.2. The molecule has 3 heterocycles. The molecule has 7 nitrogen and oxygen atoms in total. The molecule has 0 aliphatic rings. The summed E-state index contributed by atoms with van der Waals surface area (Å²) in [5.41, 5.74) is -0.457. The topological polar surface area (TPSA) is 77.1 Å². The number of carbonyl (C=O) groups excluding carboxylic acids is 1. The molecule has 0 aliphatic carbocycles. The SMILES string of the molecule is Cc1cc(C(F)(F)F)n2nc(C(=O)Nc3nn(Cc4ccccc4Cl)cc3Br)c(Br)c2n1. The van der Waals surface area contributed by atoms with E-state index in [2.05, 4.69) is 52.4 Å². The van der Waals surface area contributed by atoms with Gasteiger partial charge in [-0.3, -0.25) is 9.48 Å². The van der Waals surface area contributed by atoms with Crippen molar-refractivity contribution in [3.05, 3.63) is 73.1 Å². The van der Waals surface area contributed by atoms with E-state index in [0.29, 0.717) is 20.6 Å². The van der Waals surface area contributed by atoms with E-state index < -0.39 is 17.8 Å². The number of hydrogen-bond donors (Lipinski definition) is 1. The summed E-state index contributed by atoms with van der Waals surface area (Å²) in [5.74, 6) is -0.581. The number of rotatable bonds is 4. The molecule has 1 aromatic carbocycles. The van der Waals surface area contributed by atoms with Crippen LogP contribution in [0.5, 0.6) is 0 Å². The average Bonchev–Trinajstić information content (AvgIpc) is 3.22. The van der Waals surface area contributed by atoms with E-state index in [4.69, 9.17) is 11.6 Å². The molecule has 0 saturated heterocycles. The van der Waals surface area contributed by atoms with Crippen molar-refractivity contribution in [2.45, 2.75) is 19.6 Å². The zero-order valence-corrected chi connectivity index (χ0v) is 20.0. The number of amides is 1. The van der Waals surface area contributed by atoms with Crippen LogP contribution in [0.2, 0.25) is 5.02 Å². The van der Waals surface area contributed by atoms with Gasteiger partial charge < -0.3 is 5.32 Å². The Morgan fingerprint density at radius 1 is 1.22 bits per heavy atom. The minimum absolute atomic E-state index is 0.0378. The van der Waals surface area contributed by atoms with E-state index in [-0.39, 0.29) is 27.3 Å². The Bertz CT molecular complexity index is 1350. The molecule has 13 heteroatoms. The number of nitrogens with zero attached hydrogens (tertiary/aromatic N) is 5. The molecule has 0 radical (unpaired) electrons. The van der Waals surface area contributed by atoms with Crippen molar-refractivity contribution in [3.8, 4) is 0 Å². The monoisotopic (exact) mass is 590 g/mol. The predicted molar refractivity (Wildman–Crippen MR) is 119 cm³/mol. The van der Waals surface area contributed by atoms with Crippen LogP contribution in [-0.2, 0) is 12.7 Å². The van der Waals surface area contributed by atoms with Gasteiger partial charge in [-0.05, 0) is 56.5 Å². The van der Waals surface area contributed by atoms with Crippen LogP contribution in [0.4, 0.5) is 19.0 Å². The summed E-state index contributed by atoms with van der Waals surface area (Å²) in [6, 6.07) is 8.11. The van der Waals surface area contributed by atoms with Gasteiger partial charge >= 0.3 is 6.18 Å². The quantitative estimate of drug-likeness (QED) is 0.328. The summed E-state index contributed by atoms with van der Waals surface area (Å²) < 4.78 is 42.9. The lowest BCUT2D eigenvalue weighted by molar-refractivity contribution is -0.142. The van der Waals surface area contributed by atoms with Crippen LogP contribution in [0, 0.1) is 6.92 Å². The fraction of sp³-hybridized carbons (Fsp3) is 0.158. The zero-order valence-electron chi connectivity index (χ0n) is 16.1. The maximum Gasteiger partial charge on any atom is 0.433 e. The van der Waals surface area contributed by atoms with Crippen LogP contribution in [0.3, 0.4) is 0 Å². The molecular formula is C19H12Br2ClF3N6O. The predicted octanol–water partition coefficient (Wildman–Crippen LogP) is 5.73. The molecule has 4 aromatic rings. The first-order valence-corrected chi connectivity index (χ1v) is 10.9. The third-order valence-electron chi connectivity index (χ3n) is 4.41. The van der Waals surface area contributed by atoms with Crippen molar-refractivity contribution in [2.75, 3.05) is 5.32 Å². The van der Waals surface area contributed by atoms with Crippen LogP contribution >= 0.6 is 43.5 Å². The molecule has 0 unspecified atom stereocenters. The van der Waals surface area contributed by atoms with Crippen LogP contribution in [0.15, 0.2) is 45.5 Å². The highest BCUT2D eigenvalue weighted by Gasteiger charge is 2.36. The Morgan fingerprint density at radius 3 is 2.62 bits per heavy atom.